The Morgan fingerprint density at radius 3 is 2.36 bits per heavy atom. The van der Waals surface area contributed by atoms with Gasteiger partial charge >= 0.3 is 0 Å². The normalized spacial score (nSPS) is 12.8. The molecule has 0 unspecified atom stereocenters. The third kappa shape index (κ3) is 4.39. The standard InChI is InChI=1S/C20H25N5O3/c1-3-11-21-20(28)18-24-17(16-6-4-5-12-25(16)18)19(27)23-15-9-7-14(8-10-15)22-13(2)26/h7-10H,3-6,11-12H2,1-2H3,(H,21,28)(H,22,26)(H,23,27). The van der Waals surface area contributed by atoms with Gasteiger partial charge in [-0.15, -0.1) is 0 Å². The Kier molecular flexibility index (Phi) is 6.08. The molecule has 0 fully saturated rings. The average molecular weight is 383 g/mol. The van der Waals surface area contributed by atoms with Crippen LogP contribution in [0.5, 0.6) is 0 Å². The van der Waals surface area contributed by atoms with Crippen molar-refractivity contribution in [2.45, 2.75) is 46.1 Å². The van der Waals surface area contributed by atoms with E-state index in [0.717, 1.165) is 31.4 Å². The molecule has 3 amide bonds. The molecule has 2 heterocycles. The van der Waals surface area contributed by atoms with Gasteiger partial charge in [-0.1, -0.05) is 6.92 Å². The van der Waals surface area contributed by atoms with Gasteiger partial charge in [-0.25, -0.2) is 4.98 Å². The predicted octanol–water partition coefficient (Wildman–Crippen LogP) is 2.57. The molecule has 3 N–H and O–H groups in total. The van der Waals surface area contributed by atoms with Crippen molar-refractivity contribution in [2.75, 3.05) is 17.2 Å². The van der Waals surface area contributed by atoms with E-state index >= 15 is 0 Å². The number of anilines is 2. The number of carbonyl (C=O) groups excluding carboxylic acids is 3. The van der Waals surface area contributed by atoms with Crippen molar-refractivity contribution in [1.82, 2.24) is 14.9 Å². The molecular weight excluding hydrogens is 358 g/mol. The van der Waals surface area contributed by atoms with Crippen LogP contribution in [0.25, 0.3) is 0 Å². The quantitative estimate of drug-likeness (QED) is 0.713. The van der Waals surface area contributed by atoms with Gasteiger partial charge in [0, 0.05) is 31.4 Å². The zero-order valence-corrected chi connectivity index (χ0v) is 16.2. The summed E-state index contributed by atoms with van der Waals surface area (Å²) in [6.07, 6.45) is 3.48. The van der Waals surface area contributed by atoms with Crippen LogP contribution in [-0.2, 0) is 17.8 Å². The molecule has 2 aromatic rings. The van der Waals surface area contributed by atoms with Crippen LogP contribution in [0.15, 0.2) is 24.3 Å². The molecule has 0 atom stereocenters. The third-order valence-electron chi connectivity index (χ3n) is 4.53. The smallest absolute Gasteiger partial charge is 0.287 e. The summed E-state index contributed by atoms with van der Waals surface area (Å²) in [5, 5.41) is 8.34. The Labute approximate surface area is 163 Å². The molecule has 0 saturated heterocycles. The van der Waals surface area contributed by atoms with E-state index in [9.17, 15) is 14.4 Å². The number of fused-ring (bicyclic) bond motifs is 1. The van der Waals surface area contributed by atoms with Gasteiger partial charge in [0.2, 0.25) is 5.91 Å². The van der Waals surface area contributed by atoms with Gasteiger partial charge in [0.25, 0.3) is 11.8 Å². The second-order valence-electron chi connectivity index (χ2n) is 6.81. The molecule has 0 aliphatic carbocycles. The van der Waals surface area contributed by atoms with E-state index in [1.54, 1.807) is 24.3 Å². The van der Waals surface area contributed by atoms with E-state index in [4.69, 9.17) is 0 Å². The minimum absolute atomic E-state index is 0.157. The first-order chi connectivity index (χ1) is 13.5. The molecule has 1 aromatic heterocycles. The lowest BCUT2D eigenvalue weighted by Gasteiger charge is -2.17. The highest BCUT2D eigenvalue weighted by Gasteiger charge is 2.27. The fourth-order valence-corrected chi connectivity index (χ4v) is 3.25. The number of amides is 3. The Hall–Kier alpha value is -3.16. The van der Waals surface area contributed by atoms with E-state index in [1.165, 1.54) is 6.92 Å². The fraction of sp³-hybridized carbons (Fsp3) is 0.400. The van der Waals surface area contributed by atoms with Crippen LogP contribution in [0.1, 0.15) is 59.9 Å². The second-order valence-corrected chi connectivity index (χ2v) is 6.81. The molecule has 8 nitrogen and oxygen atoms in total. The first-order valence-corrected chi connectivity index (χ1v) is 9.56. The summed E-state index contributed by atoms with van der Waals surface area (Å²) >= 11 is 0. The van der Waals surface area contributed by atoms with E-state index < -0.39 is 0 Å². The van der Waals surface area contributed by atoms with Crippen LogP contribution in [0.2, 0.25) is 0 Å². The number of benzene rings is 1. The fourth-order valence-electron chi connectivity index (χ4n) is 3.25. The topological polar surface area (TPSA) is 105 Å². The lowest BCUT2D eigenvalue weighted by molar-refractivity contribution is -0.114. The molecule has 0 spiro atoms. The maximum atomic E-state index is 12.8. The molecule has 0 radical (unpaired) electrons. The number of carbonyl (C=O) groups is 3. The highest BCUT2D eigenvalue weighted by atomic mass is 16.2. The number of nitrogens with zero attached hydrogens (tertiary/aromatic N) is 2. The number of hydrogen-bond acceptors (Lipinski definition) is 4. The lowest BCUT2D eigenvalue weighted by atomic mass is 10.1. The molecule has 1 aliphatic heterocycles. The van der Waals surface area contributed by atoms with Gasteiger partial charge < -0.3 is 20.5 Å². The Morgan fingerprint density at radius 2 is 1.71 bits per heavy atom. The molecule has 0 bridgehead atoms. The molecular formula is C20H25N5O3. The van der Waals surface area contributed by atoms with Crippen molar-refractivity contribution < 1.29 is 14.4 Å². The van der Waals surface area contributed by atoms with Gasteiger partial charge in [0.1, 0.15) is 0 Å². The lowest BCUT2D eigenvalue weighted by Crippen LogP contribution is -2.28. The molecule has 1 aliphatic rings. The second kappa shape index (κ2) is 8.69. The Bertz CT molecular complexity index is 886. The summed E-state index contributed by atoms with van der Waals surface area (Å²) in [6, 6.07) is 6.84. The number of aromatic nitrogens is 2. The van der Waals surface area contributed by atoms with E-state index in [2.05, 4.69) is 20.9 Å². The molecule has 3 rings (SSSR count). The number of hydrogen-bond donors (Lipinski definition) is 3. The van der Waals surface area contributed by atoms with Gasteiger partial charge in [0.05, 0.1) is 5.69 Å². The average Bonchev–Trinajstić information content (AvgIpc) is 3.07. The van der Waals surface area contributed by atoms with Gasteiger partial charge in [0.15, 0.2) is 11.5 Å². The maximum absolute atomic E-state index is 12.8. The summed E-state index contributed by atoms with van der Waals surface area (Å²) in [7, 11) is 0. The SMILES string of the molecule is CCCNC(=O)c1nc(C(=O)Nc2ccc(NC(C)=O)cc2)c2n1CCCC2. The van der Waals surface area contributed by atoms with Crippen molar-refractivity contribution in [3.63, 3.8) is 0 Å². The molecule has 0 saturated carbocycles. The maximum Gasteiger partial charge on any atom is 0.287 e. The zero-order valence-electron chi connectivity index (χ0n) is 16.2. The van der Waals surface area contributed by atoms with Crippen molar-refractivity contribution in [2.24, 2.45) is 0 Å². The summed E-state index contributed by atoms with van der Waals surface area (Å²) < 4.78 is 1.86. The summed E-state index contributed by atoms with van der Waals surface area (Å²) in [6.45, 7) is 4.68. The van der Waals surface area contributed by atoms with Gasteiger partial charge in [-0.2, -0.15) is 0 Å². The Morgan fingerprint density at radius 1 is 1.04 bits per heavy atom. The summed E-state index contributed by atoms with van der Waals surface area (Å²) in [5.74, 6) is -0.444. The van der Waals surface area contributed by atoms with Crippen LogP contribution in [-0.4, -0.2) is 33.8 Å². The molecule has 28 heavy (non-hydrogen) atoms. The third-order valence-corrected chi connectivity index (χ3v) is 4.53. The van der Waals surface area contributed by atoms with Crippen LogP contribution < -0.4 is 16.0 Å². The summed E-state index contributed by atoms with van der Waals surface area (Å²) in [5.41, 5.74) is 2.35. The van der Waals surface area contributed by atoms with Crippen LogP contribution in [0.4, 0.5) is 11.4 Å². The van der Waals surface area contributed by atoms with Crippen molar-refractivity contribution in [1.29, 1.82) is 0 Å². The Balaban J connectivity index is 1.80. The first-order valence-electron chi connectivity index (χ1n) is 9.56. The van der Waals surface area contributed by atoms with Crippen molar-refractivity contribution in [3.8, 4) is 0 Å². The first kappa shape index (κ1) is 19.6. The predicted molar refractivity (Wildman–Crippen MR) is 106 cm³/mol. The van der Waals surface area contributed by atoms with Crippen molar-refractivity contribution in [3.05, 3.63) is 41.5 Å². The minimum Gasteiger partial charge on any atom is -0.349 e. The number of rotatable bonds is 6. The van der Waals surface area contributed by atoms with E-state index in [1.807, 2.05) is 11.5 Å². The molecule has 8 heteroatoms. The van der Waals surface area contributed by atoms with Crippen molar-refractivity contribution >= 4 is 29.1 Å². The number of imidazole rings is 1. The van der Waals surface area contributed by atoms with Crippen LogP contribution >= 0.6 is 0 Å². The zero-order chi connectivity index (χ0) is 20.1. The van der Waals surface area contributed by atoms with Gasteiger partial charge in [-0.3, -0.25) is 14.4 Å². The molecule has 148 valence electrons. The van der Waals surface area contributed by atoms with Crippen LogP contribution in [0.3, 0.4) is 0 Å². The van der Waals surface area contributed by atoms with E-state index in [-0.39, 0.29) is 17.7 Å². The van der Waals surface area contributed by atoms with Crippen LogP contribution in [0, 0.1) is 0 Å². The molecule has 1 aromatic carbocycles. The highest BCUT2D eigenvalue weighted by molar-refractivity contribution is 6.05. The van der Waals surface area contributed by atoms with Gasteiger partial charge in [-0.05, 0) is 49.9 Å². The highest BCUT2D eigenvalue weighted by Crippen LogP contribution is 2.22. The monoisotopic (exact) mass is 383 g/mol. The minimum atomic E-state index is -0.340. The van der Waals surface area contributed by atoms with E-state index in [0.29, 0.717) is 36.0 Å². The largest absolute Gasteiger partial charge is 0.349 e. The summed E-state index contributed by atoms with van der Waals surface area (Å²) in [4.78, 5) is 40.7. The number of nitrogens with one attached hydrogen (secondary N) is 3.